The zero-order valence-corrected chi connectivity index (χ0v) is 9.87. The van der Waals surface area contributed by atoms with Crippen LogP contribution in [-0.2, 0) is 4.79 Å². The van der Waals surface area contributed by atoms with Gasteiger partial charge in [-0.25, -0.2) is 0 Å². The number of carbonyl (C=O) groups excluding carboxylic acids is 1. The Kier molecular flexibility index (Phi) is 2.88. The summed E-state index contributed by atoms with van der Waals surface area (Å²) in [6, 6.07) is 0. The SMILES string of the molecule is O=C(NCCC1CC2CCC1C2)C1CNC1. The number of rotatable bonds is 4. The molecule has 1 heterocycles. The van der Waals surface area contributed by atoms with Crippen LogP contribution in [0.1, 0.15) is 32.1 Å². The van der Waals surface area contributed by atoms with Gasteiger partial charge in [-0.15, -0.1) is 0 Å². The predicted octanol–water partition coefficient (Wildman–Crippen LogP) is 1.15. The molecule has 3 rings (SSSR count). The van der Waals surface area contributed by atoms with E-state index in [4.69, 9.17) is 0 Å². The maximum Gasteiger partial charge on any atom is 0.225 e. The van der Waals surface area contributed by atoms with Crippen LogP contribution in [-0.4, -0.2) is 25.5 Å². The molecule has 3 unspecified atom stereocenters. The van der Waals surface area contributed by atoms with Gasteiger partial charge in [-0.05, 0) is 43.4 Å². The lowest BCUT2D eigenvalue weighted by Crippen LogP contribution is -2.51. The molecule has 1 aliphatic heterocycles. The maximum absolute atomic E-state index is 11.6. The second-order valence-corrected chi connectivity index (χ2v) is 5.87. The molecule has 0 spiro atoms. The number of hydrogen-bond donors (Lipinski definition) is 2. The van der Waals surface area contributed by atoms with Gasteiger partial charge in [0.15, 0.2) is 0 Å². The zero-order chi connectivity index (χ0) is 11.0. The van der Waals surface area contributed by atoms with E-state index < -0.39 is 0 Å². The second kappa shape index (κ2) is 4.36. The first kappa shape index (κ1) is 10.6. The standard InChI is InChI=1S/C13H22N2O/c16-13(12-7-14-8-12)15-4-3-11-6-9-1-2-10(11)5-9/h9-12,14H,1-8H2,(H,15,16). The predicted molar refractivity (Wildman–Crippen MR) is 62.9 cm³/mol. The molecule has 0 aromatic heterocycles. The average molecular weight is 222 g/mol. The lowest BCUT2D eigenvalue weighted by atomic mass is 9.86. The summed E-state index contributed by atoms with van der Waals surface area (Å²) in [4.78, 5) is 11.6. The quantitative estimate of drug-likeness (QED) is 0.749. The normalized spacial score (nSPS) is 37.4. The van der Waals surface area contributed by atoms with Gasteiger partial charge in [0.2, 0.25) is 5.91 Å². The van der Waals surface area contributed by atoms with Gasteiger partial charge in [0, 0.05) is 19.6 Å². The van der Waals surface area contributed by atoms with Gasteiger partial charge in [0.05, 0.1) is 5.92 Å². The lowest BCUT2D eigenvalue weighted by Gasteiger charge is -2.26. The molecule has 3 fully saturated rings. The van der Waals surface area contributed by atoms with Crippen molar-refractivity contribution in [3.05, 3.63) is 0 Å². The Morgan fingerprint density at radius 1 is 1.25 bits per heavy atom. The number of fused-ring (bicyclic) bond motifs is 2. The summed E-state index contributed by atoms with van der Waals surface area (Å²) in [6.45, 7) is 2.66. The molecule has 3 aliphatic rings. The molecule has 2 aliphatic carbocycles. The van der Waals surface area contributed by atoms with E-state index in [1.165, 1.54) is 32.1 Å². The number of amides is 1. The summed E-state index contributed by atoms with van der Waals surface area (Å²) in [5.41, 5.74) is 0. The van der Waals surface area contributed by atoms with Crippen molar-refractivity contribution >= 4 is 5.91 Å². The highest BCUT2D eigenvalue weighted by molar-refractivity contribution is 5.79. The summed E-state index contributed by atoms with van der Waals surface area (Å²) in [7, 11) is 0. The molecule has 3 heteroatoms. The highest BCUT2D eigenvalue weighted by atomic mass is 16.2. The summed E-state index contributed by atoms with van der Waals surface area (Å²) in [6.07, 6.45) is 7.06. The van der Waals surface area contributed by atoms with E-state index in [0.29, 0.717) is 0 Å². The van der Waals surface area contributed by atoms with E-state index in [1.54, 1.807) is 0 Å². The van der Waals surface area contributed by atoms with Gasteiger partial charge in [-0.3, -0.25) is 4.79 Å². The minimum atomic E-state index is 0.250. The number of carbonyl (C=O) groups is 1. The van der Waals surface area contributed by atoms with E-state index in [0.717, 1.165) is 37.4 Å². The second-order valence-electron chi connectivity index (χ2n) is 5.87. The topological polar surface area (TPSA) is 41.1 Å². The fraction of sp³-hybridized carbons (Fsp3) is 0.923. The van der Waals surface area contributed by atoms with Crippen molar-refractivity contribution in [3.8, 4) is 0 Å². The van der Waals surface area contributed by atoms with Crippen LogP contribution in [0.5, 0.6) is 0 Å². The molecule has 2 bridgehead atoms. The minimum Gasteiger partial charge on any atom is -0.356 e. The van der Waals surface area contributed by atoms with Crippen molar-refractivity contribution < 1.29 is 4.79 Å². The molecule has 1 amide bonds. The molecule has 0 aromatic rings. The van der Waals surface area contributed by atoms with Crippen molar-refractivity contribution in [1.82, 2.24) is 10.6 Å². The van der Waals surface area contributed by atoms with Crippen LogP contribution < -0.4 is 10.6 Å². The summed E-state index contributed by atoms with van der Waals surface area (Å²) >= 11 is 0. The Morgan fingerprint density at radius 2 is 2.12 bits per heavy atom. The van der Waals surface area contributed by atoms with Gasteiger partial charge in [0.25, 0.3) is 0 Å². The highest BCUT2D eigenvalue weighted by Gasteiger charge is 2.38. The fourth-order valence-corrected chi connectivity index (χ4v) is 3.73. The van der Waals surface area contributed by atoms with E-state index in [2.05, 4.69) is 10.6 Å². The van der Waals surface area contributed by atoms with E-state index in [1.807, 2.05) is 0 Å². The van der Waals surface area contributed by atoms with Gasteiger partial charge < -0.3 is 10.6 Å². The molecule has 16 heavy (non-hydrogen) atoms. The fourth-order valence-electron chi connectivity index (χ4n) is 3.73. The Morgan fingerprint density at radius 3 is 2.69 bits per heavy atom. The molecule has 2 N–H and O–H groups in total. The highest BCUT2D eigenvalue weighted by Crippen LogP contribution is 2.49. The van der Waals surface area contributed by atoms with Crippen LogP contribution in [0.4, 0.5) is 0 Å². The lowest BCUT2D eigenvalue weighted by molar-refractivity contribution is -0.126. The zero-order valence-electron chi connectivity index (χ0n) is 9.87. The summed E-state index contributed by atoms with van der Waals surface area (Å²) in [5, 5.41) is 6.23. The molecular weight excluding hydrogens is 200 g/mol. The third kappa shape index (κ3) is 1.97. The molecule has 2 saturated carbocycles. The van der Waals surface area contributed by atoms with Gasteiger partial charge in [-0.2, -0.15) is 0 Å². The first-order valence-electron chi connectivity index (χ1n) is 6.81. The van der Waals surface area contributed by atoms with E-state index in [9.17, 15) is 4.79 Å². The molecule has 90 valence electrons. The summed E-state index contributed by atoms with van der Waals surface area (Å²) in [5.74, 6) is 3.45. The Balaban J connectivity index is 1.35. The van der Waals surface area contributed by atoms with Crippen LogP contribution in [0.2, 0.25) is 0 Å². The van der Waals surface area contributed by atoms with Crippen LogP contribution in [0.15, 0.2) is 0 Å². The Bertz CT molecular complexity index is 275. The molecule has 1 saturated heterocycles. The first-order chi connectivity index (χ1) is 7.83. The molecule has 3 atom stereocenters. The maximum atomic E-state index is 11.6. The Hall–Kier alpha value is -0.570. The van der Waals surface area contributed by atoms with Crippen LogP contribution >= 0.6 is 0 Å². The van der Waals surface area contributed by atoms with Crippen molar-refractivity contribution in [1.29, 1.82) is 0 Å². The molecule has 0 radical (unpaired) electrons. The summed E-state index contributed by atoms with van der Waals surface area (Å²) < 4.78 is 0. The van der Waals surface area contributed by atoms with Crippen molar-refractivity contribution in [2.75, 3.05) is 19.6 Å². The third-order valence-corrected chi connectivity index (χ3v) is 4.85. The minimum absolute atomic E-state index is 0.250. The van der Waals surface area contributed by atoms with Gasteiger partial charge >= 0.3 is 0 Å². The van der Waals surface area contributed by atoms with Crippen LogP contribution in [0, 0.1) is 23.7 Å². The Labute approximate surface area is 97.4 Å². The monoisotopic (exact) mass is 222 g/mol. The smallest absolute Gasteiger partial charge is 0.225 e. The number of hydrogen-bond acceptors (Lipinski definition) is 2. The third-order valence-electron chi connectivity index (χ3n) is 4.85. The average Bonchev–Trinajstić information content (AvgIpc) is 2.76. The van der Waals surface area contributed by atoms with Crippen molar-refractivity contribution in [2.24, 2.45) is 23.7 Å². The molecule has 0 aromatic carbocycles. The largest absolute Gasteiger partial charge is 0.356 e. The van der Waals surface area contributed by atoms with Crippen molar-refractivity contribution in [3.63, 3.8) is 0 Å². The van der Waals surface area contributed by atoms with E-state index >= 15 is 0 Å². The van der Waals surface area contributed by atoms with Gasteiger partial charge in [0.1, 0.15) is 0 Å². The van der Waals surface area contributed by atoms with Crippen LogP contribution in [0.3, 0.4) is 0 Å². The number of nitrogens with one attached hydrogen (secondary N) is 2. The van der Waals surface area contributed by atoms with Gasteiger partial charge in [-0.1, -0.05) is 6.42 Å². The van der Waals surface area contributed by atoms with Crippen molar-refractivity contribution in [2.45, 2.75) is 32.1 Å². The first-order valence-corrected chi connectivity index (χ1v) is 6.81. The molecule has 3 nitrogen and oxygen atoms in total. The van der Waals surface area contributed by atoms with E-state index in [-0.39, 0.29) is 11.8 Å². The van der Waals surface area contributed by atoms with Crippen LogP contribution in [0.25, 0.3) is 0 Å². The molecular formula is C13H22N2O.